The van der Waals surface area contributed by atoms with Crippen LogP contribution < -0.4 is 9.46 Å². The van der Waals surface area contributed by atoms with Gasteiger partial charge in [-0.1, -0.05) is 18.2 Å². The molecule has 4 rings (SSSR count). The second-order valence-electron chi connectivity index (χ2n) is 7.76. The highest BCUT2D eigenvalue weighted by Crippen LogP contribution is 2.25. The molecule has 3 aromatic rings. The maximum absolute atomic E-state index is 12.7. The molecule has 33 heavy (non-hydrogen) atoms. The minimum Gasteiger partial charge on any atom is -0.451 e. The van der Waals surface area contributed by atoms with Crippen molar-refractivity contribution in [1.29, 1.82) is 0 Å². The van der Waals surface area contributed by atoms with E-state index in [-0.39, 0.29) is 29.0 Å². The molecule has 1 aliphatic rings. The molecule has 0 radical (unpaired) electrons. The Morgan fingerprint density at radius 2 is 1.76 bits per heavy atom. The maximum Gasteiger partial charge on any atom is 0.573 e. The van der Waals surface area contributed by atoms with Crippen LogP contribution in [0, 0.1) is 5.92 Å². The van der Waals surface area contributed by atoms with Gasteiger partial charge in [-0.2, -0.15) is 0 Å². The molecular weight excluding hydrogens is 461 g/mol. The van der Waals surface area contributed by atoms with E-state index in [1.54, 1.807) is 17.0 Å². The van der Waals surface area contributed by atoms with Gasteiger partial charge in [0.05, 0.1) is 4.90 Å². The van der Waals surface area contributed by atoms with E-state index in [4.69, 9.17) is 4.42 Å². The predicted molar refractivity (Wildman–Crippen MR) is 113 cm³/mol. The Morgan fingerprint density at radius 3 is 2.39 bits per heavy atom. The van der Waals surface area contributed by atoms with Gasteiger partial charge in [0, 0.05) is 25.0 Å². The molecule has 0 atom stereocenters. The fourth-order valence-electron chi connectivity index (χ4n) is 3.71. The molecule has 176 valence electrons. The number of alkyl halides is 3. The minimum atomic E-state index is -4.85. The molecule has 2 heterocycles. The number of nitrogens with zero attached hydrogens (tertiary/aromatic N) is 1. The standard InChI is InChI=1S/C22H21F3N2O5S/c23-22(24,25)32-17-5-7-18(8-6-17)33(29,30)26-14-15-9-11-27(12-10-15)21(28)20-13-16-3-1-2-4-19(16)31-20/h1-8,13,15,26H,9-12,14H2. The van der Waals surface area contributed by atoms with Crippen molar-refractivity contribution in [2.24, 2.45) is 5.92 Å². The number of para-hydroxylation sites is 1. The highest BCUT2D eigenvalue weighted by molar-refractivity contribution is 7.89. The molecular formula is C22H21F3N2O5S. The number of carbonyl (C=O) groups is 1. The molecule has 1 aliphatic heterocycles. The van der Waals surface area contributed by atoms with E-state index >= 15 is 0 Å². The van der Waals surface area contributed by atoms with E-state index in [1.165, 1.54) is 0 Å². The number of furan rings is 1. The summed E-state index contributed by atoms with van der Waals surface area (Å²) in [4.78, 5) is 14.3. The lowest BCUT2D eigenvalue weighted by Gasteiger charge is -2.31. The molecule has 2 aromatic carbocycles. The van der Waals surface area contributed by atoms with Gasteiger partial charge in [0.15, 0.2) is 5.76 Å². The first-order valence-corrected chi connectivity index (χ1v) is 11.7. The van der Waals surface area contributed by atoms with Gasteiger partial charge in [0.25, 0.3) is 5.91 Å². The fourth-order valence-corrected chi connectivity index (χ4v) is 4.83. The molecule has 7 nitrogen and oxygen atoms in total. The van der Waals surface area contributed by atoms with Crippen LogP contribution in [0.25, 0.3) is 11.0 Å². The smallest absolute Gasteiger partial charge is 0.451 e. The van der Waals surface area contributed by atoms with E-state index in [9.17, 15) is 26.4 Å². The number of ether oxygens (including phenoxy) is 1. The molecule has 1 N–H and O–H groups in total. The molecule has 11 heteroatoms. The summed E-state index contributed by atoms with van der Waals surface area (Å²) < 4.78 is 73.5. The lowest BCUT2D eigenvalue weighted by molar-refractivity contribution is -0.274. The zero-order chi connectivity index (χ0) is 23.6. The summed E-state index contributed by atoms with van der Waals surface area (Å²) >= 11 is 0. The third kappa shape index (κ3) is 5.66. The van der Waals surface area contributed by atoms with Crippen molar-refractivity contribution in [3.8, 4) is 5.75 Å². The van der Waals surface area contributed by atoms with Gasteiger partial charge in [-0.15, -0.1) is 13.2 Å². The number of rotatable bonds is 6. The summed E-state index contributed by atoms with van der Waals surface area (Å²) in [7, 11) is -3.89. The first-order chi connectivity index (χ1) is 15.6. The Kier molecular flexibility index (Phi) is 6.35. The number of sulfonamides is 1. The number of hydrogen-bond acceptors (Lipinski definition) is 5. The van der Waals surface area contributed by atoms with Crippen LogP contribution in [0.1, 0.15) is 23.4 Å². The number of carbonyl (C=O) groups excluding carboxylic acids is 1. The van der Waals surface area contributed by atoms with Crippen molar-refractivity contribution >= 4 is 26.9 Å². The lowest BCUT2D eigenvalue weighted by Crippen LogP contribution is -2.41. The van der Waals surface area contributed by atoms with E-state index in [0.717, 1.165) is 29.7 Å². The SMILES string of the molecule is O=C(c1cc2ccccc2o1)N1CCC(CNS(=O)(=O)c2ccc(OC(F)(F)F)cc2)CC1. The van der Waals surface area contributed by atoms with Gasteiger partial charge in [0.1, 0.15) is 11.3 Å². The Hall–Kier alpha value is -3.05. The Labute approximate surface area is 188 Å². The van der Waals surface area contributed by atoms with Gasteiger partial charge in [-0.05, 0) is 55.2 Å². The molecule has 1 fully saturated rings. The van der Waals surface area contributed by atoms with Crippen molar-refractivity contribution in [3.05, 3.63) is 60.4 Å². The summed E-state index contributed by atoms with van der Waals surface area (Å²) in [5.74, 6) is -0.407. The number of likely N-dealkylation sites (tertiary alicyclic amines) is 1. The monoisotopic (exact) mass is 482 g/mol. The highest BCUT2D eigenvalue weighted by atomic mass is 32.2. The fraction of sp³-hybridized carbons (Fsp3) is 0.318. The second kappa shape index (κ2) is 9.06. The van der Waals surface area contributed by atoms with Crippen LogP contribution in [-0.4, -0.2) is 45.2 Å². The molecule has 0 spiro atoms. The lowest BCUT2D eigenvalue weighted by atomic mass is 9.97. The quantitative estimate of drug-likeness (QED) is 0.570. The third-order valence-electron chi connectivity index (χ3n) is 5.47. The van der Waals surface area contributed by atoms with Crippen LogP contribution >= 0.6 is 0 Å². The summed E-state index contributed by atoms with van der Waals surface area (Å²) in [6.45, 7) is 1.09. The van der Waals surface area contributed by atoms with Crippen LogP contribution in [0.3, 0.4) is 0 Å². The van der Waals surface area contributed by atoms with Crippen LogP contribution in [0.4, 0.5) is 13.2 Å². The first-order valence-electron chi connectivity index (χ1n) is 10.2. The molecule has 0 bridgehead atoms. The van der Waals surface area contributed by atoms with Crippen LogP contribution in [0.5, 0.6) is 5.75 Å². The molecule has 1 amide bonds. The van der Waals surface area contributed by atoms with Gasteiger partial charge in [0.2, 0.25) is 10.0 Å². The normalized spacial score (nSPS) is 15.7. The largest absolute Gasteiger partial charge is 0.573 e. The number of hydrogen-bond donors (Lipinski definition) is 1. The van der Waals surface area contributed by atoms with Crippen molar-refractivity contribution in [2.75, 3.05) is 19.6 Å². The zero-order valence-electron chi connectivity index (χ0n) is 17.3. The van der Waals surface area contributed by atoms with Crippen LogP contribution in [0.2, 0.25) is 0 Å². The molecule has 0 unspecified atom stereocenters. The Morgan fingerprint density at radius 1 is 1.09 bits per heavy atom. The molecule has 1 saturated heterocycles. The van der Waals surface area contributed by atoms with Crippen molar-refractivity contribution in [3.63, 3.8) is 0 Å². The third-order valence-corrected chi connectivity index (χ3v) is 6.91. The Balaban J connectivity index is 1.29. The highest BCUT2D eigenvalue weighted by Gasteiger charge is 2.31. The van der Waals surface area contributed by atoms with E-state index < -0.39 is 22.1 Å². The number of benzene rings is 2. The number of fused-ring (bicyclic) bond motifs is 1. The average molecular weight is 482 g/mol. The molecule has 0 aliphatic carbocycles. The zero-order valence-corrected chi connectivity index (χ0v) is 18.2. The minimum absolute atomic E-state index is 0.0207. The summed E-state index contributed by atoms with van der Waals surface area (Å²) in [6, 6.07) is 13.1. The average Bonchev–Trinajstić information content (AvgIpc) is 3.21. The van der Waals surface area contributed by atoms with Gasteiger partial charge < -0.3 is 14.1 Å². The topological polar surface area (TPSA) is 88.9 Å². The second-order valence-corrected chi connectivity index (χ2v) is 9.52. The predicted octanol–water partition coefficient (Wildman–Crippen LogP) is 4.16. The molecule has 0 saturated carbocycles. The van der Waals surface area contributed by atoms with E-state index in [0.29, 0.717) is 31.5 Å². The number of amides is 1. The van der Waals surface area contributed by atoms with Gasteiger partial charge >= 0.3 is 6.36 Å². The maximum atomic E-state index is 12.7. The van der Waals surface area contributed by atoms with E-state index in [2.05, 4.69) is 9.46 Å². The van der Waals surface area contributed by atoms with E-state index in [1.807, 2.05) is 18.2 Å². The summed E-state index contributed by atoms with van der Waals surface area (Å²) in [6.07, 6.45) is -3.64. The number of halogens is 3. The van der Waals surface area contributed by atoms with Gasteiger partial charge in [-0.3, -0.25) is 4.79 Å². The van der Waals surface area contributed by atoms with Crippen molar-refractivity contribution in [1.82, 2.24) is 9.62 Å². The first kappa shape index (κ1) is 23.1. The summed E-state index contributed by atoms with van der Waals surface area (Å²) in [5.41, 5.74) is 0.642. The number of piperidine rings is 1. The van der Waals surface area contributed by atoms with Crippen molar-refractivity contribution < 1.29 is 35.5 Å². The van der Waals surface area contributed by atoms with Crippen molar-refractivity contribution in [2.45, 2.75) is 24.1 Å². The van der Waals surface area contributed by atoms with Crippen LogP contribution in [-0.2, 0) is 10.0 Å². The Bertz CT molecular complexity index is 1200. The van der Waals surface area contributed by atoms with Gasteiger partial charge in [-0.25, -0.2) is 13.1 Å². The summed E-state index contributed by atoms with van der Waals surface area (Å²) in [5, 5.41) is 0.850. The number of nitrogens with one attached hydrogen (secondary N) is 1. The van der Waals surface area contributed by atoms with Crippen LogP contribution in [0.15, 0.2) is 63.9 Å². The molecule has 1 aromatic heterocycles.